The standard InChI is InChI=1S/C21H19NO/c1-14-7-9-17(10-8-14)15(2)12-19-16(3)20(23)21(19,4)18-6-5-11-22-13-18/h5-13H,2-3H2,1,4H3/b19-12-. The number of benzene rings is 1. The molecule has 1 aromatic heterocycles. The molecule has 3 rings (SSSR count). The van der Waals surface area contributed by atoms with Crippen LogP contribution < -0.4 is 0 Å². The average Bonchev–Trinajstić information content (AvgIpc) is 2.59. The fraction of sp³-hybridized carbons (Fsp3) is 0.143. The van der Waals surface area contributed by atoms with E-state index in [0.717, 1.165) is 22.3 Å². The Morgan fingerprint density at radius 3 is 2.52 bits per heavy atom. The Morgan fingerprint density at radius 2 is 1.91 bits per heavy atom. The lowest BCUT2D eigenvalue weighted by Gasteiger charge is -2.42. The molecule has 1 fully saturated rings. The normalized spacial score (nSPS) is 22.1. The van der Waals surface area contributed by atoms with Crippen LogP contribution >= 0.6 is 0 Å². The number of carbonyl (C=O) groups excluding carboxylic acids is 1. The van der Waals surface area contributed by atoms with Crippen molar-refractivity contribution in [3.63, 3.8) is 0 Å². The summed E-state index contributed by atoms with van der Waals surface area (Å²) in [6.45, 7) is 12.1. The number of nitrogens with zero attached hydrogens (tertiary/aromatic N) is 1. The highest BCUT2D eigenvalue weighted by molar-refractivity contribution is 6.19. The number of hydrogen-bond acceptors (Lipinski definition) is 2. The molecular formula is C21H19NO. The third-order valence-corrected chi connectivity index (χ3v) is 4.57. The molecule has 2 heteroatoms. The second-order valence-electron chi connectivity index (χ2n) is 6.12. The number of aromatic nitrogens is 1. The molecule has 0 bridgehead atoms. The van der Waals surface area contributed by atoms with Crippen molar-refractivity contribution in [1.29, 1.82) is 0 Å². The number of rotatable bonds is 3. The first-order valence-electron chi connectivity index (χ1n) is 7.57. The molecule has 0 saturated heterocycles. The van der Waals surface area contributed by atoms with Gasteiger partial charge in [-0.15, -0.1) is 0 Å². The topological polar surface area (TPSA) is 30.0 Å². The summed E-state index contributed by atoms with van der Waals surface area (Å²) in [5, 5.41) is 0. The van der Waals surface area contributed by atoms with Crippen molar-refractivity contribution in [1.82, 2.24) is 4.98 Å². The smallest absolute Gasteiger partial charge is 0.177 e. The molecule has 114 valence electrons. The van der Waals surface area contributed by atoms with Crippen LogP contribution in [0, 0.1) is 6.92 Å². The maximum absolute atomic E-state index is 12.5. The van der Waals surface area contributed by atoms with E-state index < -0.39 is 5.41 Å². The van der Waals surface area contributed by atoms with E-state index in [9.17, 15) is 4.79 Å². The third kappa shape index (κ3) is 2.36. The van der Waals surface area contributed by atoms with E-state index in [1.807, 2.05) is 37.3 Å². The molecule has 0 aliphatic heterocycles. The summed E-state index contributed by atoms with van der Waals surface area (Å²) in [5.74, 6) is 0.0495. The van der Waals surface area contributed by atoms with Crippen LogP contribution in [0.4, 0.5) is 0 Å². The molecule has 0 N–H and O–H groups in total. The van der Waals surface area contributed by atoms with Crippen LogP contribution in [-0.4, -0.2) is 10.8 Å². The van der Waals surface area contributed by atoms with E-state index in [1.165, 1.54) is 5.56 Å². The van der Waals surface area contributed by atoms with Crippen molar-refractivity contribution >= 4 is 11.4 Å². The van der Waals surface area contributed by atoms with Gasteiger partial charge >= 0.3 is 0 Å². The van der Waals surface area contributed by atoms with E-state index in [0.29, 0.717) is 5.57 Å². The summed E-state index contributed by atoms with van der Waals surface area (Å²) in [4.78, 5) is 16.6. The van der Waals surface area contributed by atoms with Gasteiger partial charge in [-0.1, -0.05) is 49.1 Å². The van der Waals surface area contributed by atoms with Crippen LogP contribution in [-0.2, 0) is 10.2 Å². The molecule has 0 amide bonds. The van der Waals surface area contributed by atoms with E-state index in [4.69, 9.17) is 0 Å². The van der Waals surface area contributed by atoms with Gasteiger partial charge in [-0.3, -0.25) is 9.78 Å². The highest BCUT2D eigenvalue weighted by atomic mass is 16.1. The van der Waals surface area contributed by atoms with Crippen molar-refractivity contribution in [2.24, 2.45) is 0 Å². The summed E-state index contributed by atoms with van der Waals surface area (Å²) in [6, 6.07) is 12.0. The Hall–Kier alpha value is -2.74. The first kappa shape index (κ1) is 15.2. The molecule has 0 radical (unpaired) electrons. The molecule has 2 nitrogen and oxygen atoms in total. The lowest BCUT2D eigenvalue weighted by atomic mass is 9.58. The van der Waals surface area contributed by atoms with Crippen LogP contribution in [0.1, 0.15) is 23.6 Å². The summed E-state index contributed by atoms with van der Waals surface area (Å²) in [5.41, 5.74) is 4.81. The third-order valence-electron chi connectivity index (χ3n) is 4.57. The molecule has 23 heavy (non-hydrogen) atoms. The SMILES string of the molecule is C=C1C(=O)C(C)(c2cccnc2)/C1=C\C(=C)c1ccc(C)cc1. The molecule has 1 saturated carbocycles. The molecule has 1 heterocycles. The predicted molar refractivity (Wildman–Crippen MR) is 94.0 cm³/mol. The van der Waals surface area contributed by atoms with E-state index in [2.05, 4.69) is 37.2 Å². The molecule has 1 aliphatic carbocycles. The van der Waals surface area contributed by atoms with Crippen molar-refractivity contribution < 1.29 is 4.79 Å². The van der Waals surface area contributed by atoms with Gasteiger partial charge in [-0.05, 0) is 48.3 Å². The van der Waals surface area contributed by atoms with Crippen LogP contribution in [0.3, 0.4) is 0 Å². The Bertz CT molecular complexity index is 828. The fourth-order valence-corrected chi connectivity index (χ4v) is 2.99. The molecule has 1 atom stereocenters. The maximum Gasteiger partial charge on any atom is 0.177 e. The highest BCUT2D eigenvalue weighted by Gasteiger charge is 2.51. The van der Waals surface area contributed by atoms with Gasteiger partial charge in [0, 0.05) is 18.0 Å². The molecular weight excluding hydrogens is 282 g/mol. The average molecular weight is 301 g/mol. The Labute approximate surface area is 136 Å². The molecule has 2 aromatic rings. The number of carbonyl (C=O) groups is 1. The number of Topliss-reactive ketones (excluding diaryl/α,β-unsaturated/α-hetero) is 1. The molecule has 0 spiro atoms. The zero-order chi connectivity index (χ0) is 16.6. The van der Waals surface area contributed by atoms with Crippen molar-refractivity contribution in [3.8, 4) is 0 Å². The van der Waals surface area contributed by atoms with Gasteiger partial charge in [0.15, 0.2) is 5.78 Å². The Morgan fingerprint density at radius 1 is 1.22 bits per heavy atom. The number of hydrogen-bond donors (Lipinski definition) is 0. The lowest BCUT2D eigenvalue weighted by molar-refractivity contribution is -0.121. The summed E-state index contributed by atoms with van der Waals surface area (Å²) < 4.78 is 0. The van der Waals surface area contributed by atoms with Gasteiger partial charge in [0.2, 0.25) is 0 Å². The van der Waals surface area contributed by atoms with Crippen LogP contribution in [0.2, 0.25) is 0 Å². The first-order chi connectivity index (χ1) is 10.9. The minimum Gasteiger partial charge on any atom is -0.293 e. The zero-order valence-corrected chi connectivity index (χ0v) is 13.5. The highest BCUT2D eigenvalue weighted by Crippen LogP contribution is 2.48. The zero-order valence-electron chi connectivity index (χ0n) is 13.5. The monoisotopic (exact) mass is 301 g/mol. The van der Waals surface area contributed by atoms with Gasteiger partial charge in [-0.25, -0.2) is 0 Å². The minimum atomic E-state index is -0.682. The van der Waals surface area contributed by atoms with Gasteiger partial charge < -0.3 is 0 Å². The molecule has 1 unspecified atom stereocenters. The van der Waals surface area contributed by atoms with Crippen molar-refractivity contribution in [3.05, 3.63) is 95.9 Å². The number of allylic oxidation sites excluding steroid dienone is 4. The summed E-state index contributed by atoms with van der Waals surface area (Å²) >= 11 is 0. The molecule has 1 aliphatic rings. The summed E-state index contributed by atoms with van der Waals surface area (Å²) in [6.07, 6.45) is 5.42. The van der Waals surface area contributed by atoms with E-state index in [-0.39, 0.29) is 5.78 Å². The van der Waals surface area contributed by atoms with Gasteiger partial charge in [0.05, 0.1) is 5.41 Å². The quantitative estimate of drug-likeness (QED) is 0.785. The minimum absolute atomic E-state index is 0.0495. The van der Waals surface area contributed by atoms with Crippen molar-refractivity contribution in [2.45, 2.75) is 19.3 Å². The van der Waals surface area contributed by atoms with Crippen molar-refractivity contribution in [2.75, 3.05) is 0 Å². The fourth-order valence-electron chi connectivity index (χ4n) is 2.99. The largest absolute Gasteiger partial charge is 0.293 e. The van der Waals surface area contributed by atoms with Gasteiger partial charge in [-0.2, -0.15) is 0 Å². The van der Waals surface area contributed by atoms with Gasteiger partial charge in [0.25, 0.3) is 0 Å². The van der Waals surface area contributed by atoms with E-state index in [1.54, 1.807) is 12.4 Å². The van der Waals surface area contributed by atoms with Gasteiger partial charge in [0.1, 0.15) is 0 Å². The number of ketones is 1. The first-order valence-corrected chi connectivity index (χ1v) is 7.57. The maximum atomic E-state index is 12.5. The molecule has 1 aromatic carbocycles. The van der Waals surface area contributed by atoms with Crippen LogP contribution in [0.25, 0.3) is 5.57 Å². The number of pyridine rings is 1. The second kappa shape index (κ2) is 5.47. The van der Waals surface area contributed by atoms with Crippen LogP contribution in [0.15, 0.2) is 79.2 Å². The number of aryl methyl sites for hydroxylation is 1. The van der Waals surface area contributed by atoms with E-state index >= 15 is 0 Å². The predicted octanol–water partition coefficient (Wildman–Crippen LogP) is 4.43. The Kier molecular flexibility index (Phi) is 3.61. The summed E-state index contributed by atoms with van der Waals surface area (Å²) in [7, 11) is 0. The second-order valence-corrected chi connectivity index (χ2v) is 6.12. The Balaban J connectivity index is 2.00. The lowest BCUT2D eigenvalue weighted by Crippen LogP contribution is -2.47. The van der Waals surface area contributed by atoms with Crippen LogP contribution in [0.5, 0.6) is 0 Å².